The van der Waals surface area contributed by atoms with Crippen molar-refractivity contribution in [3.8, 4) is 0 Å². The van der Waals surface area contributed by atoms with E-state index in [-0.39, 0.29) is 7.78 Å². The summed E-state index contributed by atoms with van der Waals surface area (Å²) in [6.07, 6.45) is 0. The van der Waals surface area contributed by atoms with Crippen LogP contribution in [0.5, 0.6) is 0 Å². The van der Waals surface area contributed by atoms with E-state index in [0.29, 0.717) is 0 Å². The summed E-state index contributed by atoms with van der Waals surface area (Å²) in [4.78, 5) is 0. The lowest BCUT2D eigenvalue weighted by atomic mass is 10.4. The van der Waals surface area contributed by atoms with Crippen LogP contribution in [0.3, 0.4) is 0 Å². The van der Waals surface area contributed by atoms with Gasteiger partial charge in [-0.2, -0.15) is 0 Å². The van der Waals surface area contributed by atoms with E-state index in [1.54, 1.807) is 0 Å². The second kappa shape index (κ2) is 3.11. The molecule has 8 heavy (non-hydrogen) atoms. The molecule has 1 unspecified atom stereocenters. The van der Waals surface area contributed by atoms with Gasteiger partial charge in [0.2, 0.25) is 0 Å². The molecule has 1 rings (SSSR count). The van der Waals surface area contributed by atoms with Gasteiger partial charge in [0.05, 0.1) is 7.78 Å². The maximum Gasteiger partial charge on any atom is 0.100 e. The zero-order valence-electron chi connectivity index (χ0n) is 4.41. The summed E-state index contributed by atoms with van der Waals surface area (Å²) >= 11 is 4.19. The molecule has 0 saturated heterocycles. The SMILES string of the molecule is S[PH2+]c1ccccc1. The summed E-state index contributed by atoms with van der Waals surface area (Å²) in [5.41, 5.74) is 0. The lowest BCUT2D eigenvalue weighted by Gasteiger charge is -1.82. The molecule has 0 fully saturated rings. The Labute approximate surface area is 56.2 Å². The molecule has 0 N–H and O–H groups in total. The van der Waals surface area contributed by atoms with E-state index in [1.807, 2.05) is 18.2 Å². The van der Waals surface area contributed by atoms with Gasteiger partial charge in [-0.25, -0.2) is 0 Å². The molecule has 1 aromatic rings. The molecule has 0 heterocycles. The Morgan fingerprint density at radius 2 is 1.75 bits per heavy atom. The smallest absolute Gasteiger partial charge is 0.0620 e. The molecule has 42 valence electrons. The summed E-state index contributed by atoms with van der Waals surface area (Å²) < 4.78 is 0. The Balaban J connectivity index is 2.83. The molecule has 0 bridgehead atoms. The highest BCUT2D eigenvalue weighted by Crippen LogP contribution is 2.12. The zero-order chi connectivity index (χ0) is 5.82. The van der Waals surface area contributed by atoms with Gasteiger partial charge in [-0.05, 0) is 12.1 Å². The molecular formula is C6H8PS+. The molecule has 0 aliphatic heterocycles. The molecule has 1 atom stereocenters. The maximum absolute atomic E-state index is 4.19. The quantitative estimate of drug-likeness (QED) is 0.447. The molecule has 0 aliphatic rings. The Kier molecular flexibility index (Phi) is 2.38. The molecule has 0 amide bonds. The lowest BCUT2D eigenvalue weighted by molar-refractivity contribution is 1.78. The monoisotopic (exact) mass is 143 g/mol. The van der Waals surface area contributed by atoms with Crippen LogP contribution in [0.2, 0.25) is 0 Å². The average molecular weight is 143 g/mol. The van der Waals surface area contributed by atoms with Gasteiger partial charge in [0.25, 0.3) is 0 Å². The van der Waals surface area contributed by atoms with Gasteiger partial charge < -0.3 is 0 Å². The average Bonchev–Trinajstić information content (AvgIpc) is 1.90. The number of hydrogen-bond acceptors (Lipinski definition) is 1. The van der Waals surface area contributed by atoms with Crippen LogP contribution in [-0.4, -0.2) is 0 Å². The minimum absolute atomic E-state index is 0.205. The van der Waals surface area contributed by atoms with Crippen LogP contribution in [0.1, 0.15) is 0 Å². The van der Waals surface area contributed by atoms with Crippen molar-refractivity contribution >= 4 is 25.3 Å². The van der Waals surface area contributed by atoms with Crippen LogP contribution in [0, 0.1) is 0 Å². The molecule has 0 nitrogen and oxygen atoms in total. The van der Waals surface area contributed by atoms with Gasteiger partial charge in [0.1, 0.15) is 5.30 Å². The molecule has 0 aromatic heterocycles. The third-order valence-corrected chi connectivity index (χ3v) is 2.53. The second-order valence-corrected chi connectivity index (χ2v) is 3.24. The van der Waals surface area contributed by atoms with E-state index >= 15 is 0 Å². The fraction of sp³-hybridized carbons (Fsp3) is 0. The first-order valence-electron chi connectivity index (χ1n) is 2.46. The van der Waals surface area contributed by atoms with Crippen molar-refractivity contribution < 1.29 is 0 Å². The highest BCUT2D eigenvalue weighted by Gasteiger charge is 1.88. The van der Waals surface area contributed by atoms with E-state index < -0.39 is 0 Å². The molecule has 0 aliphatic carbocycles. The predicted molar refractivity (Wildman–Crippen MR) is 44.8 cm³/mol. The van der Waals surface area contributed by atoms with Crippen molar-refractivity contribution in [3.63, 3.8) is 0 Å². The summed E-state index contributed by atoms with van der Waals surface area (Å²) in [5, 5.41) is 1.36. The normalized spacial score (nSPS) is 10.6. The van der Waals surface area contributed by atoms with Gasteiger partial charge in [-0.1, -0.05) is 18.2 Å². The summed E-state index contributed by atoms with van der Waals surface area (Å²) in [5.74, 6) is 0. The third-order valence-electron chi connectivity index (χ3n) is 0.949. The van der Waals surface area contributed by atoms with Crippen LogP contribution in [0.25, 0.3) is 0 Å². The second-order valence-electron chi connectivity index (χ2n) is 1.54. The summed E-state index contributed by atoms with van der Waals surface area (Å²) in [6.45, 7) is 0. The largest absolute Gasteiger partial charge is 0.100 e. The fourth-order valence-corrected chi connectivity index (χ4v) is 1.45. The van der Waals surface area contributed by atoms with Gasteiger partial charge in [0.15, 0.2) is 0 Å². The molecule has 0 radical (unpaired) electrons. The number of hydrogen-bond donors (Lipinski definition) is 1. The van der Waals surface area contributed by atoms with Gasteiger partial charge in [-0.15, -0.1) is 0 Å². The Morgan fingerprint density at radius 3 is 2.12 bits per heavy atom. The van der Waals surface area contributed by atoms with Gasteiger partial charge in [0, 0.05) is 12.2 Å². The maximum atomic E-state index is 4.19. The summed E-state index contributed by atoms with van der Waals surface area (Å²) in [6, 6.07) is 10.3. The van der Waals surface area contributed by atoms with E-state index in [4.69, 9.17) is 0 Å². The van der Waals surface area contributed by atoms with Crippen LogP contribution < -0.4 is 5.30 Å². The molecule has 0 spiro atoms. The first kappa shape index (κ1) is 6.12. The third kappa shape index (κ3) is 1.50. The molecular weight excluding hydrogens is 135 g/mol. The van der Waals surface area contributed by atoms with Crippen LogP contribution >= 0.6 is 20.0 Å². The first-order chi connectivity index (χ1) is 3.93. The van der Waals surface area contributed by atoms with Gasteiger partial charge in [-0.3, -0.25) is 0 Å². The van der Waals surface area contributed by atoms with E-state index in [9.17, 15) is 0 Å². The van der Waals surface area contributed by atoms with E-state index in [0.717, 1.165) is 0 Å². The molecule has 1 aromatic carbocycles. The Bertz CT molecular complexity index is 150. The van der Waals surface area contributed by atoms with Crippen LogP contribution in [-0.2, 0) is 0 Å². The minimum atomic E-state index is 0.205. The zero-order valence-corrected chi connectivity index (χ0v) is 6.46. The lowest BCUT2D eigenvalue weighted by Crippen LogP contribution is -1.85. The first-order valence-corrected chi connectivity index (χ1v) is 5.10. The number of benzene rings is 1. The molecule has 2 heteroatoms. The Hall–Kier alpha value is 0. The topological polar surface area (TPSA) is 0 Å². The molecule has 0 saturated carbocycles. The van der Waals surface area contributed by atoms with Crippen molar-refractivity contribution in [2.24, 2.45) is 0 Å². The van der Waals surface area contributed by atoms with Crippen molar-refractivity contribution in [2.45, 2.75) is 0 Å². The predicted octanol–water partition coefficient (Wildman–Crippen LogP) is 1.57. The summed E-state index contributed by atoms with van der Waals surface area (Å²) in [7, 11) is 0.205. The van der Waals surface area contributed by atoms with Crippen LogP contribution in [0.15, 0.2) is 30.3 Å². The number of thiol groups is 1. The van der Waals surface area contributed by atoms with Gasteiger partial charge >= 0.3 is 0 Å². The van der Waals surface area contributed by atoms with Crippen LogP contribution in [0.4, 0.5) is 0 Å². The standard InChI is InChI=1S/C6H7PS/c8-7-6-4-2-1-3-5-6/h1-5,7-8H/p+1. The van der Waals surface area contributed by atoms with Crippen molar-refractivity contribution in [1.29, 1.82) is 0 Å². The van der Waals surface area contributed by atoms with Crippen molar-refractivity contribution in [3.05, 3.63) is 30.3 Å². The van der Waals surface area contributed by atoms with Crippen molar-refractivity contribution in [2.75, 3.05) is 0 Å². The highest BCUT2D eigenvalue weighted by atomic mass is 32.7. The number of rotatable bonds is 1. The minimum Gasteiger partial charge on any atom is -0.0620 e. The van der Waals surface area contributed by atoms with Crippen molar-refractivity contribution in [1.82, 2.24) is 0 Å². The van der Waals surface area contributed by atoms with E-state index in [2.05, 4.69) is 24.4 Å². The fourth-order valence-electron chi connectivity index (χ4n) is 0.539. The van der Waals surface area contributed by atoms with E-state index in [1.165, 1.54) is 5.30 Å². The Morgan fingerprint density at radius 1 is 1.12 bits per heavy atom. The highest BCUT2D eigenvalue weighted by molar-refractivity contribution is 8.40.